The first-order valence-corrected chi connectivity index (χ1v) is 6.43. The van der Waals surface area contributed by atoms with Gasteiger partial charge in [-0.05, 0) is 25.2 Å². The van der Waals surface area contributed by atoms with Crippen LogP contribution in [0.2, 0.25) is 0 Å². The van der Waals surface area contributed by atoms with Gasteiger partial charge in [-0.15, -0.1) is 0 Å². The van der Waals surface area contributed by atoms with E-state index in [0.717, 1.165) is 12.8 Å². The van der Waals surface area contributed by atoms with E-state index >= 15 is 0 Å². The van der Waals surface area contributed by atoms with Crippen LogP contribution in [0.5, 0.6) is 0 Å². The predicted molar refractivity (Wildman–Crippen MR) is 59.8 cm³/mol. The Morgan fingerprint density at radius 2 is 1.87 bits per heavy atom. The van der Waals surface area contributed by atoms with E-state index in [1.807, 2.05) is 0 Å². The summed E-state index contributed by atoms with van der Waals surface area (Å²) in [6, 6.07) is 0. The lowest BCUT2D eigenvalue weighted by molar-refractivity contribution is -0.131. The molecule has 2 atom stereocenters. The van der Waals surface area contributed by atoms with E-state index in [0.29, 0.717) is 24.2 Å². The SMILES string of the molecule is CC1CCC(=O)CC1OC1CCCCC1. The molecule has 0 aromatic carbocycles. The van der Waals surface area contributed by atoms with Crippen molar-refractivity contribution in [3.8, 4) is 0 Å². The molecule has 2 fully saturated rings. The molecule has 2 unspecified atom stereocenters. The molecule has 2 aliphatic carbocycles. The molecule has 15 heavy (non-hydrogen) atoms. The van der Waals surface area contributed by atoms with E-state index < -0.39 is 0 Å². The van der Waals surface area contributed by atoms with Crippen LogP contribution >= 0.6 is 0 Å². The van der Waals surface area contributed by atoms with Gasteiger partial charge in [0.1, 0.15) is 5.78 Å². The van der Waals surface area contributed by atoms with Gasteiger partial charge in [-0.2, -0.15) is 0 Å². The van der Waals surface area contributed by atoms with Crippen LogP contribution in [0.3, 0.4) is 0 Å². The number of hydrogen-bond acceptors (Lipinski definition) is 2. The van der Waals surface area contributed by atoms with E-state index in [9.17, 15) is 4.79 Å². The largest absolute Gasteiger partial charge is 0.374 e. The fraction of sp³-hybridized carbons (Fsp3) is 0.923. The molecular formula is C13H22O2. The van der Waals surface area contributed by atoms with Crippen molar-refractivity contribution in [3.05, 3.63) is 0 Å². The van der Waals surface area contributed by atoms with Crippen molar-refractivity contribution in [1.82, 2.24) is 0 Å². The zero-order valence-electron chi connectivity index (χ0n) is 9.71. The van der Waals surface area contributed by atoms with Crippen LogP contribution in [0.4, 0.5) is 0 Å². The molecule has 2 nitrogen and oxygen atoms in total. The molecule has 86 valence electrons. The summed E-state index contributed by atoms with van der Waals surface area (Å²) in [6.07, 6.45) is 9.50. The monoisotopic (exact) mass is 210 g/mol. The maximum absolute atomic E-state index is 11.4. The van der Waals surface area contributed by atoms with Crippen LogP contribution in [0, 0.1) is 5.92 Å². The smallest absolute Gasteiger partial charge is 0.135 e. The molecule has 0 aliphatic heterocycles. The lowest BCUT2D eigenvalue weighted by atomic mass is 9.86. The number of rotatable bonds is 2. The lowest BCUT2D eigenvalue weighted by Gasteiger charge is -2.33. The normalized spacial score (nSPS) is 34.3. The van der Waals surface area contributed by atoms with Crippen LogP contribution in [0.1, 0.15) is 58.3 Å². The minimum atomic E-state index is 0.217. The van der Waals surface area contributed by atoms with Gasteiger partial charge >= 0.3 is 0 Å². The first-order valence-electron chi connectivity index (χ1n) is 6.43. The Balaban J connectivity index is 1.83. The average Bonchev–Trinajstić information content (AvgIpc) is 2.25. The van der Waals surface area contributed by atoms with Crippen molar-refractivity contribution in [1.29, 1.82) is 0 Å². The standard InChI is InChI=1S/C13H22O2/c1-10-7-8-11(14)9-13(10)15-12-5-3-2-4-6-12/h10,12-13H,2-9H2,1H3. The quantitative estimate of drug-likeness (QED) is 0.700. The molecule has 0 bridgehead atoms. The molecule has 0 radical (unpaired) electrons. The van der Waals surface area contributed by atoms with Crippen molar-refractivity contribution in [2.75, 3.05) is 0 Å². The third kappa shape index (κ3) is 3.04. The first-order chi connectivity index (χ1) is 7.25. The Labute approximate surface area is 92.4 Å². The molecule has 2 saturated carbocycles. The summed E-state index contributed by atoms with van der Waals surface area (Å²) >= 11 is 0. The molecule has 0 heterocycles. The molecule has 0 spiro atoms. The van der Waals surface area contributed by atoms with Gasteiger partial charge in [0, 0.05) is 12.8 Å². The lowest BCUT2D eigenvalue weighted by Crippen LogP contribution is -2.34. The van der Waals surface area contributed by atoms with Gasteiger partial charge in [-0.1, -0.05) is 26.2 Å². The van der Waals surface area contributed by atoms with Crippen LogP contribution in [0.25, 0.3) is 0 Å². The third-order valence-electron chi connectivity index (χ3n) is 3.86. The second-order valence-corrected chi connectivity index (χ2v) is 5.19. The highest BCUT2D eigenvalue weighted by Crippen LogP contribution is 2.29. The second kappa shape index (κ2) is 5.11. The van der Waals surface area contributed by atoms with Crippen LogP contribution in [-0.2, 0) is 9.53 Å². The van der Waals surface area contributed by atoms with E-state index in [2.05, 4.69) is 6.92 Å². The van der Waals surface area contributed by atoms with Crippen LogP contribution in [0.15, 0.2) is 0 Å². The van der Waals surface area contributed by atoms with Gasteiger partial charge in [-0.25, -0.2) is 0 Å². The van der Waals surface area contributed by atoms with Crippen LogP contribution < -0.4 is 0 Å². The van der Waals surface area contributed by atoms with E-state index in [1.54, 1.807) is 0 Å². The number of carbonyl (C=O) groups excluding carboxylic acids is 1. The Morgan fingerprint density at radius 1 is 1.13 bits per heavy atom. The molecule has 0 aromatic heterocycles. The second-order valence-electron chi connectivity index (χ2n) is 5.19. The molecule has 2 rings (SSSR count). The Morgan fingerprint density at radius 3 is 2.60 bits per heavy atom. The maximum atomic E-state index is 11.4. The summed E-state index contributed by atoms with van der Waals surface area (Å²) < 4.78 is 6.09. The first kappa shape index (κ1) is 11.1. The maximum Gasteiger partial charge on any atom is 0.135 e. The highest BCUT2D eigenvalue weighted by Gasteiger charge is 2.29. The fourth-order valence-corrected chi connectivity index (χ4v) is 2.73. The Kier molecular flexibility index (Phi) is 3.79. The zero-order valence-corrected chi connectivity index (χ0v) is 9.71. The van der Waals surface area contributed by atoms with Gasteiger partial charge in [-0.3, -0.25) is 4.79 Å². The molecule has 0 saturated heterocycles. The van der Waals surface area contributed by atoms with E-state index in [4.69, 9.17) is 4.74 Å². The number of ketones is 1. The predicted octanol–water partition coefficient (Wildman–Crippen LogP) is 3.09. The summed E-state index contributed by atoms with van der Waals surface area (Å²) in [6.45, 7) is 2.22. The Bertz CT molecular complexity index is 219. The minimum absolute atomic E-state index is 0.217. The number of ether oxygens (including phenoxy) is 1. The molecular weight excluding hydrogens is 188 g/mol. The van der Waals surface area contributed by atoms with E-state index in [-0.39, 0.29) is 6.10 Å². The van der Waals surface area contributed by atoms with Gasteiger partial charge in [0.15, 0.2) is 0 Å². The molecule has 2 heteroatoms. The number of hydrogen-bond donors (Lipinski definition) is 0. The van der Waals surface area contributed by atoms with E-state index in [1.165, 1.54) is 32.1 Å². The minimum Gasteiger partial charge on any atom is -0.374 e. The summed E-state index contributed by atoms with van der Waals surface area (Å²) in [4.78, 5) is 11.4. The van der Waals surface area contributed by atoms with Gasteiger partial charge < -0.3 is 4.74 Å². The summed E-state index contributed by atoms with van der Waals surface area (Å²) in [7, 11) is 0. The highest BCUT2D eigenvalue weighted by molar-refractivity contribution is 5.79. The van der Waals surface area contributed by atoms with Crippen molar-refractivity contribution >= 4 is 5.78 Å². The van der Waals surface area contributed by atoms with Crippen molar-refractivity contribution in [2.24, 2.45) is 5.92 Å². The zero-order chi connectivity index (χ0) is 10.7. The fourth-order valence-electron chi connectivity index (χ4n) is 2.73. The topological polar surface area (TPSA) is 26.3 Å². The molecule has 0 aromatic rings. The van der Waals surface area contributed by atoms with Gasteiger partial charge in [0.25, 0.3) is 0 Å². The number of carbonyl (C=O) groups is 1. The molecule has 0 amide bonds. The number of Topliss-reactive ketones (excluding diaryl/α,β-unsaturated/α-hetero) is 1. The Hall–Kier alpha value is -0.370. The highest BCUT2D eigenvalue weighted by atomic mass is 16.5. The van der Waals surface area contributed by atoms with Crippen LogP contribution in [-0.4, -0.2) is 18.0 Å². The summed E-state index contributed by atoms with van der Waals surface area (Å²) in [5, 5.41) is 0. The van der Waals surface area contributed by atoms with Gasteiger partial charge in [0.05, 0.1) is 12.2 Å². The summed E-state index contributed by atoms with van der Waals surface area (Å²) in [5.41, 5.74) is 0. The van der Waals surface area contributed by atoms with Crippen molar-refractivity contribution < 1.29 is 9.53 Å². The van der Waals surface area contributed by atoms with Crippen molar-refractivity contribution in [2.45, 2.75) is 70.5 Å². The van der Waals surface area contributed by atoms with Gasteiger partial charge in [0.2, 0.25) is 0 Å². The summed E-state index contributed by atoms with van der Waals surface area (Å²) in [5.74, 6) is 0.971. The molecule has 2 aliphatic rings. The average molecular weight is 210 g/mol. The third-order valence-corrected chi connectivity index (χ3v) is 3.86. The molecule has 0 N–H and O–H groups in total. The van der Waals surface area contributed by atoms with Crippen molar-refractivity contribution in [3.63, 3.8) is 0 Å².